The van der Waals surface area contributed by atoms with Crippen molar-refractivity contribution in [1.29, 1.82) is 0 Å². The lowest BCUT2D eigenvalue weighted by Crippen LogP contribution is -2.14. The smallest absolute Gasteiger partial charge is 0.205 e. The van der Waals surface area contributed by atoms with Crippen LogP contribution in [0.3, 0.4) is 0 Å². The van der Waals surface area contributed by atoms with E-state index in [0.717, 1.165) is 44.8 Å². The molecule has 0 radical (unpaired) electrons. The van der Waals surface area contributed by atoms with Crippen LogP contribution in [0.4, 0.5) is 11.4 Å². The van der Waals surface area contributed by atoms with Crippen LogP contribution in [0.25, 0.3) is 0 Å². The topological polar surface area (TPSA) is 82.9 Å². The van der Waals surface area contributed by atoms with Gasteiger partial charge in [0.1, 0.15) is 11.4 Å². The Morgan fingerprint density at radius 3 is 1.44 bits per heavy atom. The lowest BCUT2D eigenvalue weighted by molar-refractivity contribution is -0.109. The van der Waals surface area contributed by atoms with Gasteiger partial charge < -0.3 is 0 Å². The summed E-state index contributed by atoms with van der Waals surface area (Å²) in [5, 5.41) is 8.83. The quantitative estimate of drug-likeness (QED) is 0.173. The molecular formula is C37H36N4O2. The number of nitrogens with zero attached hydrogens (tertiary/aromatic N) is 2. The van der Waals surface area contributed by atoms with Gasteiger partial charge in [0.05, 0.1) is 11.4 Å². The maximum atomic E-state index is 12.3. The fourth-order valence-corrected chi connectivity index (χ4v) is 5.38. The first kappa shape index (κ1) is 29.4. The second kappa shape index (κ2) is 12.4. The minimum Gasteiger partial charge on any atom is -0.287 e. The SMILES string of the molecule is CC1=C/C(=N/Nc2cc(C)c(C(c3ccccc3)c3cc(C)c(N/N=C4\C=C(C)C=CC4=O)cc3C)cc2C)C(=O)C=C1. The average Bonchev–Trinajstić information content (AvgIpc) is 2.98. The van der Waals surface area contributed by atoms with Crippen molar-refractivity contribution in [1.82, 2.24) is 0 Å². The predicted molar refractivity (Wildman–Crippen MR) is 177 cm³/mol. The van der Waals surface area contributed by atoms with Crippen molar-refractivity contribution in [3.8, 4) is 0 Å². The summed E-state index contributed by atoms with van der Waals surface area (Å²) in [7, 11) is 0. The van der Waals surface area contributed by atoms with Crippen LogP contribution in [-0.4, -0.2) is 23.0 Å². The summed E-state index contributed by atoms with van der Waals surface area (Å²) in [4.78, 5) is 24.5. The highest BCUT2D eigenvalue weighted by molar-refractivity contribution is 6.49. The molecule has 0 aliphatic heterocycles. The molecule has 0 aromatic heterocycles. The van der Waals surface area contributed by atoms with Gasteiger partial charge in [-0.25, -0.2) is 0 Å². The number of benzene rings is 3. The molecule has 0 spiro atoms. The fourth-order valence-electron chi connectivity index (χ4n) is 5.38. The maximum Gasteiger partial charge on any atom is 0.205 e. The van der Waals surface area contributed by atoms with Gasteiger partial charge in [-0.3, -0.25) is 20.4 Å². The van der Waals surface area contributed by atoms with Crippen LogP contribution < -0.4 is 10.9 Å². The number of ketones is 2. The monoisotopic (exact) mass is 568 g/mol. The second-order valence-electron chi connectivity index (χ2n) is 11.3. The van der Waals surface area contributed by atoms with Crippen LogP contribution in [0, 0.1) is 27.7 Å². The van der Waals surface area contributed by atoms with Crippen molar-refractivity contribution in [2.75, 3.05) is 10.9 Å². The van der Waals surface area contributed by atoms with Crippen LogP contribution in [0.5, 0.6) is 0 Å². The molecule has 3 aromatic rings. The molecule has 2 N–H and O–H groups in total. The Morgan fingerprint density at radius 1 is 0.558 bits per heavy atom. The zero-order valence-corrected chi connectivity index (χ0v) is 25.4. The highest BCUT2D eigenvalue weighted by Crippen LogP contribution is 2.39. The molecule has 0 bridgehead atoms. The van der Waals surface area contributed by atoms with Gasteiger partial charge in [-0.1, -0.05) is 54.6 Å². The van der Waals surface area contributed by atoms with E-state index in [1.165, 1.54) is 16.7 Å². The third kappa shape index (κ3) is 6.54. The minimum absolute atomic E-state index is 0.00869. The lowest BCUT2D eigenvalue weighted by Gasteiger charge is -2.25. The molecule has 2 aliphatic rings. The highest BCUT2D eigenvalue weighted by atomic mass is 16.1. The normalized spacial score (nSPS) is 17.3. The van der Waals surface area contributed by atoms with E-state index in [4.69, 9.17) is 0 Å². The molecule has 0 saturated heterocycles. The Labute approximate surface area is 253 Å². The molecule has 0 fully saturated rings. The molecule has 6 nitrogen and oxygen atoms in total. The summed E-state index contributed by atoms with van der Waals surface area (Å²) in [6.45, 7) is 12.2. The van der Waals surface area contributed by atoms with Crippen molar-refractivity contribution in [3.63, 3.8) is 0 Å². The Bertz CT molecular complexity index is 1690. The summed E-state index contributed by atoms with van der Waals surface area (Å²) >= 11 is 0. The Balaban J connectivity index is 1.51. The van der Waals surface area contributed by atoms with Gasteiger partial charge in [-0.2, -0.15) is 10.2 Å². The summed E-state index contributed by atoms with van der Waals surface area (Å²) in [5.74, 6) is -0.236. The van der Waals surface area contributed by atoms with Crippen LogP contribution in [0.1, 0.15) is 58.7 Å². The number of aryl methyl sites for hydroxylation is 4. The van der Waals surface area contributed by atoms with E-state index < -0.39 is 0 Å². The molecule has 43 heavy (non-hydrogen) atoms. The summed E-state index contributed by atoms with van der Waals surface area (Å²) in [6, 6.07) is 19.1. The van der Waals surface area contributed by atoms with Gasteiger partial charge in [0.2, 0.25) is 11.6 Å². The summed E-state index contributed by atoms with van der Waals surface area (Å²) in [5.41, 5.74) is 18.6. The fraction of sp³-hybridized carbons (Fsp3) is 0.189. The van der Waals surface area contributed by atoms with E-state index in [1.807, 2.05) is 19.9 Å². The Kier molecular flexibility index (Phi) is 8.48. The first-order valence-electron chi connectivity index (χ1n) is 14.4. The van der Waals surface area contributed by atoms with Gasteiger partial charge in [0, 0.05) is 5.92 Å². The number of hydrogen-bond donors (Lipinski definition) is 2. The molecule has 5 rings (SSSR count). The first-order chi connectivity index (χ1) is 20.6. The van der Waals surface area contributed by atoms with Crippen molar-refractivity contribution >= 4 is 34.4 Å². The van der Waals surface area contributed by atoms with Crippen molar-refractivity contribution in [2.45, 2.75) is 47.5 Å². The number of carbonyl (C=O) groups is 2. The number of anilines is 2. The lowest BCUT2D eigenvalue weighted by atomic mass is 9.80. The van der Waals surface area contributed by atoms with Crippen molar-refractivity contribution in [2.24, 2.45) is 10.2 Å². The molecule has 6 heteroatoms. The number of allylic oxidation sites excluding steroid dienone is 8. The zero-order valence-electron chi connectivity index (χ0n) is 25.4. The maximum absolute atomic E-state index is 12.3. The number of nitrogens with one attached hydrogen (secondary N) is 2. The van der Waals surface area contributed by atoms with E-state index in [-0.39, 0.29) is 17.5 Å². The Hall–Kier alpha value is -5.10. The molecular weight excluding hydrogens is 532 g/mol. The zero-order chi connectivity index (χ0) is 30.7. The molecule has 0 saturated carbocycles. The molecule has 216 valence electrons. The van der Waals surface area contributed by atoms with Gasteiger partial charge in [-0.15, -0.1) is 0 Å². The van der Waals surface area contributed by atoms with E-state index >= 15 is 0 Å². The van der Waals surface area contributed by atoms with Crippen molar-refractivity contribution < 1.29 is 9.59 Å². The molecule has 2 aliphatic carbocycles. The van der Waals surface area contributed by atoms with E-state index in [1.54, 1.807) is 36.5 Å². The van der Waals surface area contributed by atoms with Gasteiger partial charge in [0.25, 0.3) is 0 Å². The average molecular weight is 569 g/mol. The molecule has 0 heterocycles. The summed E-state index contributed by atoms with van der Waals surface area (Å²) < 4.78 is 0. The van der Waals surface area contributed by atoms with Gasteiger partial charge in [-0.05, 0) is 128 Å². The number of rotatable bonds is 7. The molecule has 1 atom stereocenters. The largest absolute Gasteiger partial charge is 0.287 e. The number of hydrazone groups is 2. The molecule has 0 amide bonds. The first-order valence-corrected chi connectivity index (χ1v) is 14.4. The van der Waals surface area contributed by atoms with Crippen molar-refractivity contribution in [3.05, 3.63) is 141 Å². The van der Waals surface area contributed by atoms with E-state index in [0.29, 0.717) is 11.4 Å². The third-order valence-electron chi connectivity index (χ3n) is 7.80. The van der Waals surface area contributed by atoms with Crippen LogP contribution in [-0.2, 0) is 9.59 Å². The highest BCUT2D eigenvalue weighted by Gasteiger charge is 2.23. The van der Waals surface area contributed by atoms with Gasteiger partial charge >= 0.3 is 0 Å². The summed E-state index contributed by atoms with van der Waals surface area (Å²) in [6.07, 6.45) is 10.3. The van der Waals surface area contributed by atoms with E-state index in [2.05, 4.69) is 97.3 Å². The van der Waals surface area contributed by atoms with Crippen LogP contribution >= 0.6 is 0 Å². The molecule has 1 unspecified atom stereocenters. The minimum atomic E-state index is -0.114. The molecule has 3 aromatic carbocycles. The van der Waals surface area contributed by atoms with E-state index in [9.17, 15) is 9.59 Å². The standard InChI is InChI=1S/C37H36N4O2/c1-22-12-14-35(42)33(16-22)40-38-31-20-24(3)29(18-26(31)5)37(28-10-8-7-9-11-28)30-19-27(6)32(21-25(30)4)39-41-34-17-23(2)13-15-36(34)43/h7-21,37-39H,1-6H3/b40-33-,41-34+. The third-order valence-corrected chi connectivity index (χ3v) is 7.80. The second-order valence-corrected chi connectivity index (χ2v) is 11.3. The predicted octanol–water partition coefficient (Wildman–Crippen LogP) is 7.81. The number of carbonyl (C=O) groups excluding carboxylic acids is 2. The van der Waals surface area contributed by atoms with Crippen LogP contribution in [0.15, 0.2) is 112 Å². The number of hydrogen-bond acceptors (Lipinski definition) is 6. The van der Waals surface area contributed by atoms with Gasteiger partial charge in [0.15, 0.2) is 0 Å². The van der Waals surface area contributed by atoms with Crippen LogP contribution in [0.2, 0.25) is 0 Å². The Morgan fingerprint density at radius 2 is 1.00 bits per heavy atom.